The van der Waals surface area contributed by atoms with Gasteiger partial charge < -0.3 is 0 Å². The van der Waals surface area contributed by atoms with Gasteiger partial charge in [0.1, 0.15) is 0 Å². The van der Waals surface area contributed by atoms with Crippen molar-refractivity contribution in [3.63, 3.8) is 0 Å². The summed E-state index contributed by atoms with van der Waals surface area (Å²) in [6.45, 7) is 0.742. The molecule has 0 unspecified atom stereocenters. The molecule has 1 aromatic rings. The molecular formula is C11H14ClFN2O2S. The summed E-state index contributed by atoms with van der Waals surface area (Å²) in [5.41, 5.74) is 0. The van der Waals surface area contributed by atoms with Gasteiger partial charge in [0.05, 0.1) is 0 Å². The molecule has 4 nitrogen and oxygen atoms in total. The van der Waals surface area contributed by atoms with Crippen LogP contribution in [0.2, 0.25) is 0 Å². The van der Waals surface area contributed by atoms with E-state index in [1.165, 1.54) is 16.6 Å². The van der Waals surface area contributed by atoms with Crippen LogP contribution in [0.25, 0.3) is 0 Å². The van der Waals surface area contributed by atoms with Gasteiger partial charge >= 0.3 is 0 Å². The molecule has 0 radical (unpaired) electrons. The Hall–Kier alpha value is -0.720. The van der Waals surface area contributed by atoms with E-state index >= 15 is 0 Å². The Morgan fingerprint density at radius 2 is 2.11 bits per heavy atom. The number of sulfonamides is 1. The topological polar surface area (TPSA) is 50.3 Å². The van der Waals surface area contributed by atoms with Crippen molar-refractivity contribution in [2.45, 2.75) is 17.9 Å². The number of pyridine rings is 1. The maximum absolute atomic E-state index is 13.5. The Labute approximate surface area is 111 Å². The molecule has 100 valence electrons. The van der Waals surface area contributed by atoms with Gasteiger partial charge in [-0.1, -0.05) is 0 Å². The van der Waals surface area contributed by atoms with Crippen LogP contribution >= 0.6 is 11.6 Å². The fourth-order valence-corrected chi connectivity index (χ4v) is 3.74. The van der Waals surface area contributed by atoms with E-state index in [1.807, 2.05) is 0 Å². The summed E-state index contributed by atoms with van der Waals surface area (Å²) in [6, 6.07) is 2.47. The lowest BCUT2D eigenvalue weighted by molar-refractivity contribution is 0.288. The van der Waals surface area contributed by atoms with Crippen LogP contribution in [0.4, 0.5) is 4.39 Å². The third-order valence-corrected chi connectivity index (χ3v) is 5.37. The number of rotatable bonds is 3. The van der Waals surface area contributed by atoms with Crippen LogP contribution < -0.4 is 0 Å². The summed E-state index contributed by atoms with van der Waals surface area (Å²) in [7, 11) is -3.82. The van der Waals surface area contributed by atoms with Crippen LogP contribution in [0.5, 0.6) is 0 Å². The highest BCUT2D eigenvalue weighted by Gasteiger charge is 2.31. The Morgan fingerprint density at radius 3 is 2.67 bits per heavy atom. The van der Waals surface area contributed by atoms with Gasteiger partial charge in [-0.25, -0.2) is 17.8 Å². The minimum absolute atomic E-state index is 0.340. The van der Waals surface area contributed by atoms with Gasteiger partial charge in [0.25, 0.3) is 10.0 Å². The second-order valence-electron chi connectivity index (χ2n) is 4.29. The zero-order valence-electron chi connectivity index (χ0n) is 9.72. The molecule has 1 aliphatic heterocycles. The number of aromatic nitrogens is 1. The molecule has 18 heavy (non-hydrogen) atoms. The molecule has 1 aromatic heterocycles. The van der Waals surface area contributed by atoms with Gasteiger partial charge in [0, 0.05) is 25.2 Å². The number of halogens is 2. The highest BCUT2D eigenvalue weighted by molar-refractivity contribution is 7.89. The molecule has 7 heteroatoms. The first-order valence-electron chi connectivity index (χ1n) is 5.72. The zero-order chi connectivity index (χ0) is 13.2. The summed E-state index contributed by atoms with van der Waals surface area (Å²) in [5.74, 6) is 0.0647. The predicted octanol–water partition coefficient (Wildman–Crippen LogP) is 1.86. The van der Waals surface area contributed by atoms with Gasteiger partial charge in [-0.05, 0) is 30.9 Å². The van der Waals surface area contributed by atoms with Crippen molar-refractivity contribution in [3.05, 3.63) is 24.1 Å². The average molecular weight is 293 g/mol. The normalized spacial score (nSPS) is 19.0. The Balaban J connectivity index is 2.20. The van der Waals surface area contributed by atoms with Crippen LogP contribution in [0.1, 0.15) is 12.8 Å². The van der Waals surface area contributed by atoms with Gasteiger partial charge in [-0.2, -0.15) is 4.31 Å². The molecular weight excluding hydrogens is 279 g/mol. The highest BCUT2D eigenvalue weighted by atomic mass is 35.5. The molecule has 1 aliphatic rings. The van der Waals surface area contributed by atoms with Crippen molar-refractivity contribution in [2.75, 3.05) is 19.0 Å². The molecule has 0 N–H and O–H groups in total. The second kappa shape index (κ2) is 5.50. The first-order chi connectivity index (χ1) is 8.55. The van der Waals surface area contributed by atoms with Gasteiger partial charge in [-0.3, -0.25) is 0 Å². The molecule has 2 heterocycles. The van der Waals surface area contributed by atoms with Crippen LogP contribution in [-0.2, 0) is 10.0 Å². The molecule has 0 amide bonds. The number of hydrogen-bond acceptors (Lipinski definition) is 3. The molecule has 0 atom stereocenters. The fraction of sp³-hybridized carbons (Fsp3) is 0.545. The monoisotopic (exact) mass is 292 g/mol. The Kier molecular flexibility index (Phi) is 4.19. The van der Waals surface area contributed by atoms with E-state index < -0.39 is 20.9 Å². The molecule has 0 saturated carbocycles. The first kappa shape index (κ1) is 13.7. The van der Waals surface area contributed by atoms with E-state index in [9.17, 15) is 12.8 Å². The minimum Gasteiger partial charge on any atom is -0.241 e. The summed E-state index contributed by atoms with van der Waals surface area (Å²) in [4.78, 5) is 3.63. The van der Waals surface area contributed by atoms with E-state index in [-0.39, 0.29) is 0 Å². The van der Waals surface area contributed by atoms with Crippen molar-refractivity contribution in [1.29, 1.82) is 0 Å². The summed E-state index contributed by atoms with van der Waals surface area (Å²) in [5, 5.41) is -0.491. The van der Waals surface area contributed by atoms with Crippen molar-refractivity contribution in [1.82, 2.24) is 9.29 Å². The summed E-state index contributed by atoms with van der Waals surface area (Å²) >= 11 is 5.74. The lowest BCUT2D eigenvalue weighted by Gasteiger charge is -2.29. The maximum Gasteiger partial charge on any atom is 0.263 e. The summed E-state index contributed by atoms with van der Waals surface area (Å²) < 4.78 is 39.2. The Morgan fingerprint density at radius 1 is 1.44 bits per heavy atom. The zero-order valence-corrected chi connectivity index (χ0v) is 11.3. The van der Waals surface area contributed by atoms with Crippen LogP contribution in [-0.4, -0.2) is 36.7 Å². The lowest BCUT2D eigenvalue weighted by Crippen LogP contribution is -2.39. The third kappa shape index (κ3) is 2.65. The fourth-order valence-electron chi connectivity index (χ4n) is 1.99. The number of piperidine rings is 1. The second-order valence-corrected chi connectivity index (χ2v) is 6.45. The van der Waals surface area contributed by atoms with E-state index in [2.05, 4.69) is 4.98 Å². The first-order valence-corrected chi connectivity index (χ1v) is 7.70. The quantitative estimate of drug-likeness (QED) is 0.799. The standard InChI is InChI=1S/C11H14ClFN2O2S/c12-8-9-3-6-15(7-4-9)18(16,17)11-10(13)2-1-5-14-11/h1-2,5,9H,3-4,6-8H2. The van der Waals surface area contributed by atoms with Crippen molar-refractivity contribution >= 4 is 21.6 Å². The van der Waals surface area contributed by atoms with E-state index in [0.29, 0.717) is 37.7 Å². The average Bonchev–Trinajstić information content (AvgIpc) is 2.39. The SMILES string of the molecule is O=S(=O)(c1ncccc1F)N1CCC(CCl)CC1. The smallest absolute Gasteiger partial charge is 0.241 e. The summed E-state index contributed by atoms with van der Waals surface area (Å²) in [6.07, 6.45) is 2.69. The van der Waals surface area contributed by atoms with Crippen LogP contribution in [0.15, 0.2) is 23.4 Å². The number of hydrogen-bond donors (Lipinski definition) is 0. The third-order valence-electron chi connectivity index (χ3n) is 3.10. The Bertz CT molecular complexity index is 516. The number of alkyl halides is 1. The molecule has 0 spiro atoms. The van der Waals surface area contributed by atoms with Crippen molar-refractivity contribution in [3.8, 4) is 0 Å². The van der Waals surface area contributed by atoms with Gasteiger partial charge in [-0.15, -0.1) is 11.6 Å². The molecule has 0 aliphatic carbocycles. The van der Waals surface area contributed by atoms with E-state index in [1.54, 1.807) is 0 Å². The van der Waals surface area contributed by atoms with Crippen molar-refractivity contribution < 1.29 is 12.8 Å². The van der Waals surface area contributed by atoms with Crippen molar-refractivity contribution in [2.24, 2.45) is 5.92 Å². The maximum atomic E-state index is 13.5. The molecule has 1 saturated heterocycles. The highest BCUT2D eigenvalue weighted by Crippen LogP contribution is 2.24. The van der Waals surface area contributed by atoms with Gasteiger partial charge in [0.2, 0.25) is 5.03 Å². The largest absolute Gasteiger partial charge is 0.263 e. The molecule has 0 bridgehead atoms. The van der Waals surface area contributed by atoms with E-state index in [4.69, 9.17) is 11.6 Å². The van der Waals surface area contributed by atoms with Gasteiger partial charge in [0.15, 0.2) is 5.82 Å². The predicted molar refractivity (Wildman–Crippen MR) is 66.4 cm³/mol. The lowest BCUT2D eigenvalue weighted by atomic mass is 10.0. The molecule has 2 rings (SSSR count). The molecule has 1 fully saturated rings. The van der Waals surface area contributed by atoms with Crippen LogP contribution in [0.3, 0.4) is 0 Å². The van der Waals surface area contributed by atoms with Crippen LogP contribution in [0, 0.1) is 11.7 Å². The molecule has 0 aromatic carbocycles. The van der Waals surface area contributed by atoms with E-state index in [0.717, 1.165) is 6.07 Å². The minimum atomic E-state index is -3.82. The number of nitrogens with zero attached hydrogens (tertiary/aromatic N) is 2.